The summed E-state index contributed by atoms with van der Waals surface area (Å²) in [6.45, 7) is 1.37. The van der Waals surface area contributed by atoms with Crippen molar-refractivity contribution in [3.8, 4) is 5.88 Å². The quantitative estimate of drug-likeness (QED) is 0.773. The first-order valence-corrected chi connectivity index (χ1v) is 9.10. The lowest BCUT2D eigenvalue weighted by atomic mass is 9.91. The normalized spacial score (nSPS) is 15.1. The molecule has 138 valence electrons. The fourth-order valence-electron chi connectivity index (χ4n) is 3.67. The van der Waals surface area contributed by atoms with E-state index in [2.05, 4.69) is 4.98 Å². The highest BCUT2D eigenvalue weighted by Gasteiger charge is 2.27. The third-order valence-electron chi connectivity index (χ3n) is 5.14. The van der Waals surface area contributed by atoms with Crippen LogP contribution in [-0.2, 0) is 0 Å². The van der Waals surface area contributed by atoms with Crippen molar-refractivity contribution in [3.05, 3.63) is 59.9 Å². The molecule has 2 N–H and O–H groups in total. The van der Waals surface area contributed by atoms with Gasteiger partial charge in [-0.3, -0.25) is 9.78 Å². The average Bonchev–Trinajstić information content (AvgIpc) is 2.73. The van der Waals surface area contributed by atoms with Gasteiger partial charge in [-0.25, -0.2) is 4.98 Å². The molecule has 0 unspecified atom stereocenters. The van der Waals surface area contributed by atoms with Crippen LogP contribution in [0.3, 0.4) is 0 Å². The molecular formula is C21H22N4O2. The number of amides is 1. The van der Waals surface area contributed by atoms with Crippen LogP contribution < -0.4 is 10.5 Å². The van der Waals surface area contributed by atoms with E-state index in [1.165, 1.54) is 0 Å². The number of aromatic nitrogens is 2. The van der Waals surface area contributed by atoms with E-state index in [1.54, 1.807) is 25.4 Å². The molecular weight excluding hydrogens is 340 g/mol. The van der Waals surface area contributed by atoms with Gasteiger partial charge >= 0.3 is 0 Å². The molecule has 27 heavy (non-hydrogen) atoms. The predicted octanol–water partition coefficient (Wildman–Crippen LogP) is 3.24. The highest BCUT2D eigenvalue weighted by Crippen LogP contribution is 2.32. The van der Waals surface area contributed by atoms with Gasteiger partial charge in [0.05, 0.1) is 24.0 Å². The second-order valence-corrected chi connectivity index (χ2v) is 6.81. The number of nitrogens with two attached hydrogens (primary N) is 1. The minimum atomic E-state index is 0.00796. The van der Waals surface area contributed by atoms with Crippen LogP contribution in [0.15, 0.2) is 48.7 Å². The van der Waals surface area contributed by atoms with E-state index in [0.29, 0.717) is 24.5 Å². The van der Waals surface area contributed by atoms with Gasteiger partial charge < -0.3 is 15.4 Å². The van der Waals surface area contributed by atoms with E-state index in [0.717, 1.165) is 35.1 Å². The minimum absolute atomic E-state index is 0.00796. The van der Waals surface area contributed by atoms with Gasteiger partial charge in [-0.2, -0.15) is 0 Å². The Morgan fingerprint density at radius 2 is 1.96 bits per heavy atom. The van der Waals surface area contributed by atoms with Crippen molar-refractivity contribution in [3.63, 3.8) is 0 Å². The molecule has 0 atom stereocenters. The largest absolute Gasteiger partial charge is 0.481 e. The number of para-hydroxylation sites is 1. The topological polar surface area (TPSA) is 81.3 Å². The number of carbonyl (C=O) groups is 1. The molecule has 1 aromatic carbocycles. The Bertz CT molecular complexity index is 981. The van der Waals surface area contributed by atoms with Crippen LogP contribution in [0.4, 0.5) is 5.69 Å². The van der Waals surface area contributed by atoms with E-state index in [1.807, 2.05) is 35.2 Å². The SMILES string of the molecule is COc1cc(C(=O)N2CCC(c3nc4ccccc4cc3N)CC2)ccn1. The average molecular weight is 362 g/mol. The summed E-state index contributed by atoms with van der Waals surface area (Å²) < 4.78 is 5.11. The summed E-state index contributed by atoms with van der Waals surface area (Å²) in [5.74, 6) is 0.725. The van der Waals surface area contributed by atoms with Crippen molar-refractivity contribution in [1.29, 1.82) is 0 Å². The van der Waals surface area contributed by atoms with Gasteiger partial charge in [0.2, 0.25) is 5.88 Å². The number of anilines is 1. The number of nitrogen functional groups attached to an aromatic ring is 1. The second-order valence-electron chi connectivity index (χ2n) is 6.81. The Kier molecular flexibility index (Phi) is 4.62. The van der Waals surface area contributed by atoms with Crippen LogP contribution in [0.25, 0.3) is 10.9 Å². The van der Waals surface area contributed by atoms with Crippen LogP contribution in [0.2, 0.25) is 0 Å². The maximum atomic E-state index is 12.8. The molecule has 1 aliphatic rings. The van der Waals surface area contributed by atoms with Gasteiger partial charge in [-0.1, -0.05) is 18.2 Å². The second kappa shape index (κ2) is 7.23. The number of benzene rings is 1. The van der Waals surface area contributed by atoms with E-state index in [9.17, 15) is 4.79 Å². The minimum Gasteiger partial charge on any atom is -0.481 e. The van der Waals surface area contributed by atoms with E-state index < -0.39 is 0 Å². The van der Waals surface area contributed by atoms with Gasteiger partial charge in [0.15, 0.2) is 0 Å². The molecule has 4 rings (SSSR count). The highest BCUT2D eigenvalue weighted by atomic mass is 16.5. The number of carbonyl (C=O) groups excluding carboxylic acids is 1. The zero-order chi connectivity index (χ0) is 18.8. The lowest BCUT2D eigenvalue weighted by Gasteiger charge is -2.32. The van der Waals surface area contributed by atoms with Gasteiger partial charge in [0, 0.05) is 42.2 Å². The Morgan fingerprint density at radius 3 is 2.74 bits per heavy atom. The molecule has 0 aliphatic carbocycles. The first kappa shape index (κ1) is 17.3. The molecule has 1 amide bonds. The number of hydrogen-bond donors (Lipinski definition) is 1. The summed E-state index contributed by atoms with van der Waals surface area (Å²) in [7, 11) is 1.54. The van der Waals surface area contributed by atoms with Crippen molar-refractivity contribution in [1.82, 2.24) is 14.9 Å². The number of likely N-dealkylation sites (tertiary alicyclic amines) is 1. The van der Waals surface area contributed by atoms with E-state index >= 15 is 0 Å². The van der Waals surface area contributed by atoms with Gasteiger partial charge in [0.1, 0.15) is 0 Å². The molecule has 0 spiro atoms. The Hall–Kier alpha value is -3.15. The maximum Gasteiger partial charge on any atom is 0.254 e. The number of ether oxygens (including phenoxy) is 1. The van der Waals surface area contributed by atoms with Crippen LogP contribution in [0.1, 0.15) is 34.8 Å². The predicted molar refractivity (Wildman–Crippen MR) is 105 cm³/mol. The molecule has 0 radical (unpaired) electrons. The number of piperidine rings is 1. The maximum absolute atomic E-state index is 12.8. The summed E-state index contributed by atoms with van der Waals surface area (Å²) in [5, 5.41) is 1.05. The number of nitrogens with zero attached hydrogens (tertiary/aromatic N) is 3. The third kappa shape index (κ3) is 3.43. The van der Waals surface area contributed by atoms with Crippen molar-refractivity contribution in [2.24, 2.45) is 0 Å². The lowest BCUT2D eigenvalue weighted by molar-refractivity contribution is 0.0712. The van der Waals surface area contributed by atoms with Crippen molar-refractivity contribution in [2.75, 3.05) is 25.9 Å². The highest BCUT2D eigenvalue weighted by molar-refractivity contribution is 5.94. The summed E-state index contributed by atoms with van der Waals surface area (Å²) in [6.07, 6.45) is 3.30. The first-order valence-electron chi connectivity index (χ1n) is 9.10. The molecule has 0 bridgehead atoms. The van der Waals surface area contributed by atoms with Crippen LogP contribution in [-0.4, -0.2) is 41.0 Å². The van der Waals surface area contributed by atoms with Gasteiger partial charge in [-0.15, -0.1) is 0 Å². The first-order chi connectivity index (χ1) is 13.2. The fraction of sp³-hybridized carbons (Fsp3) is 0.286. The van der Waals surface area contributed by atoms with E-state index in [4.69, 9.17) is 15.5 Å². The third-order valence-corrected chi connectivity index (χ3v) is 5.14. The van der Waals surface area contributed by atoms with Crippen molar-refractivity contribution >= 4 is 22.5 Å². The molecule has 3 aromatic rings. The fourth-order valence-corrected chi connectivity index (χ4v) is 3.67. The molecule has 1 saturated heterocycles. The molecule has 1 aliphatic heterocycles. The lowest BCUT2D eigenvalue weighted by Crippen LogP contribution is -2.38. The molecule has 2 aromatic heterocycles. The molecule has 3 heterocycles. The zero-order valence-electron chi connectivity index (χ0n) is 15.3. The van der Waals surface area contributed by atoms with Crippen LogP contribution >= 0.6 is 0 Å². The Labute approximate surface area is 158 Å². The molecule has 6 nitrogen and oxygen atoms in total. The Balaban J connectivity index is 1.49. The van der Waals surface area contributed by atoms with Crippen molar-refractivity contribution in [2.45, 2.75) is 18.8 Å². The Morgan fingerprint density at radius 1 is 1.19 bits per heavy atom. The molecule has 1 fully saturated rings. The van der Waals surface area contributed by atoms with Crippen molar-refractivity contribution < 1.29 is 9.53 Å². The number of rotatable bonds is 3. The molecule has 6 heteroatoms. The number of fused-ring (bicyclic) bond motifs is 1. The standard InChI is InChI=1S/C21H22N4O2/c1-27-19-13-16(6-9-23-19)21(26)25-10-7-14(8-11-25)20-17(22)12-15-4-2-3-5-18(15)24-20/h2-6,9,12-14H,7-8,10-11,22H2,1H3. The summed E-state index contributed by atoms with van der Waals surface area (Å²) >= 11 is 0. The van der Waals surface area contributed by atoms with Gasteiger partial charge in [-0.05, 0) is 31.0 Å². The summed E-state index contributed by atoms with van der Waals surface area (Å²) in [4.78, 5) is 23.5. The number of hydrogen-bond acceptors (Lipinski definition) is 5. The summed E-state index contributed by atoms with van der Waals surface area (Å²) in [5.41, 5.74) is 9.52. The van der Waals surface area contributed by atoms with Crippen LogP contribution in [0, 0.1) is 0 Å². The number of pyridine rings is 2. The molecule has 0 saturated carbocycles. The van der Waals surface area contributed by atoms with E-state index in [-0.39, 0.29) is 11.8 Å². The monoisotopic (exact) mass is 362 g/mol. The van der Waals surface area contributed by atoms with Crippen LogP contribution in [0.5, 0.6) is 5.88 Å². The van der Waals surface area contributed by atoms with Gasteiger partial charge in [0.25, 0.3) is 5.91 Å². The smallest absolute Gasteiger partial charge is 0.254 e. The number of methoxy groups -OCH3 is 1. The summed E-state index contributed by atoms with van der Waals surface area (Å²) in [6, 6.07) is 13.4. The zero-order valence-corrected chi connectivity index (χ0v) is 15.3.